The van der Waals surface area contributed by atoms with Crippen molar-refractivity contribution in [3.8, 4) is 5.75 Å². The minimum Gasteiger partial charge on any atom is -0.483 e. The van der Waals surface area contributed by atoms with Gasteiger partial charge in [0.1, 0.15) is 5.75 Å². The Morgan fingerprint density at radius 2 is 1.74 bits per heavy atom. The third-order valence-corrected chi connectivity index (χ3v) is 3.20. The number of carbonyl (C=O) groups is 1. The molecule has 1 rings (SSSR count). The van der Waals surface area contributed by atoms with Crippen LogP contribution >= 0.6 is 28.3 Å². The van der Waals surface area contributed by atoms with Crippen LogP contribution in [0, 0.1) is 0 Å². The Bertz CT molecular complexity index is 522. The summed E-state index contributed by atoms with van der Waals surface area (Å²) in [5, 5.41) is 6.32. The van der Waals surface area contributed by atoms with Crippen molar-refractivity contribution >= 4 is 34.2 Å². The number of ether oxygens (including phenoxy) is 1. The van der Waals surface area contributed by atoms with Crippen molar-refractivity contribution in [2.75, 3.05) is 6.61 Å². The van der Waals surface area contributed by atoms with Crippen LogP contribution < -0.4 is 15.4 Å². The van der Waals surface area contributed by atoms with Gasteiger partial charge in [0.05, 0.1) is 0 Å². The van der Waals surface area contributed by atoms with Crippen LogP contribution in [0.3, 0.4) is 0 Å². The molecule has 1 aromatic rings. The Balaban J connectivity index is 0.00000484. The minimum atomic E-state index is -0.253. The number of hydrogen-bond acceptors (Lipinski definition) is 3. The molecule has 0 heterocycles. The lowest BCUT2D eigenvalue weighted by Gasteiger charge is -2.23. The number of carbonyl (C=O) groups excluding carboxylic acids is 1. The number of hydrogen-bond donors (Lipinski definition) is 2. The van der Waals surface area contributed by atoms with E-state index in [1.807, 2.05) is 39.0 Å². The molecule has 6 heteroatoms. The van der Waals surface area contributed by atoms with Crippen LogP contribution in [0.15, 0.2) is 22.7 Å². The molecule has 0 aliphatic carbocycles. The summed E-state index contributed by atoms with van der Waals surface area (Å²) in [5.41, 5.74) is 0.785. The lowest BCUT2D eigenvalue weighted by Crippen LogP contribution is -2.43. The van der Waals surface area contributed by atoms with E-state index in [1.165, 1.54) is 0 Å². The van der Waals surface area contributed by atoms with Crippen LogP contribution in [0.1, 0.15) is 47.1 Å². The van der Waals surface area contributed by atoms with E-state index in [-0.39, 0.29) is 36.0 Å². The van der Waals surface area contributed by atoms with Gasteiger partial charge in [-0.25, -0.2) is 0 Å². The Morgan fingerprint density at radius 3 is 2.26 bits per heavy atom. The van der Waals surface area contributed by atoms with Gasteiger partial charge in [0, 0.05) is 27.7 Å². The molecule has 132 valence electrons. The lowest BCUT2D eigenvalue weighted by atomic mass is 10.1. The molecule has 0 bridgehead atoms. The summed E-state index contributed by atoms with van der Waals surface area (Å²) in [6.07, 6.45) is 0. The number of rotatable bonds is 5. The number of amides is 1. The monoisotopic (exact) mass is 406 g/mol. The Kier molecular flexibility index (Phi) is 8.60. The fourth-order valence-corrected chi connectivity index (χ4v) is 2.19. The van der Waals surface area contributed by atoms with E-state index in [4.69, 9.17) is 4.74 Å². The fraction of sp³-hybridized carbons (Fsp3) is 0.588. The first kappa shape index (κ1) is 22.2. The summed E-state index contributed by atoms with van der Waals surface area (Å²) in [4.78, 5) is 11.9. The molecule has 0 spiro atoms. The third kappa shape index (κ3) is 9.84. The molecule has 0 aliphatic heterocycles. The van der Waals surface area contributed by atoms with E-state index in [0.717, 1.165) is 15.8 Å². The molecule has 4 nitrogen and oxygen atoms in total. The molecule has 1 aromatic carbocycles. The number of halogens is 2. The van der Waals surface area contributed by atoms with Gasteiger partial charge in [0.25, 0.3) is 5.91 Å². The molecule has 1 amide bonds. The molecule has 0 fully saturated rings. The Hall–Kier alpha value is -0.780. The minimum absolute atomic E-state index is 0. The normalized spacial score (nSPS) is 11.6. The highest BCUT2D eigenvalue weighted by atomic mass is 79.9. The van der Waals surface area contributed by atoms with Crippen molar-refractivity contribution in [1.82, 2.24) is 10.6 Å². The summed E-state index contributed by atoms with van der Waals surface area (Å²) >= 11 is 3.47. The maximum absolute atomic E-state index is 11.9. The van der Waals surface area contributed by atoms with Crippen molar-refractivity contribution in [2.45, 2.75) is 59.2 Å². The van der Waals surface area contributed by atoms with Gasteiger partial charge in [-0.05, 0) is 59.7 Å². The highest BCUT2D eigenvalue weighted by Gasteiger charge is 2.15. The quantitative estimate of drug-likeness (QED) is 0.774. The maximum Gasteiger partial charge on any atom is 0.258 e. The van der Waals surface area contributed by atoms with E-state index >= 15 is 0 Å². The SMILES string of the molecule is CC(C)(C)NCc1cc(Br)ccc1OCC(=O)NC(C)(C)C.Cl. The summed E-state index contributed by atoms with van der Waals surface area (Å²) in [5.74, 6) is 0.606. The third-order valence-electron chi connectivity index (χ3n) is 2.70. The molecular weight excluding hydrogens is 380 g/mol. The van der Waals surface area contributed by atoms with E-state index in [2.05, 4.69) is 47.3 Å². The van der Waals surface area contributed by atoms with Gasteiger partial charge >= 0.3 is 0 Å². The Labute approximate surface area is 154 Å². The van der Waals surface area contributed by atoms with Crippen molar-refractivity contribution in [3.05, 3.63) is 28.2 Å². The first-order chi connectivity index (χ1) is 9.96. The first-order valence-electron chi connectivity index (χ1n) is 7.43. The molecular formula is C17H28BrClN2O2. The zero-order valence-electron chi connectivity index (χ0n) is 14.7. The van der Waals surface area contributed by atoms with Crippen LogP contribution in [-0.4, -0.2) is 23.6 Å². The second-order valence-electron chi connectivity index (χ2n) is 7.44. The maximum atomic E-state index is 11.9. The summed E-state index contributed by atoms with van der Waals surface area (Å²) in [6, 6.07) is 5.81. The highest BCUT2D eigenvalue weighted by Crippen LogP contribution is 2.24. The largest absolute Gasteiger partial charge is 0.483 e. The molecule has 0 saturated carbocycles. The predicted molar refractivity (Wildman–Crippen MR) is 101 cm³/mol. The van der Waals surface area contributed by atoms with E-state index in [1.54, 1.807) is 0 Å². The Morgan fingerprint density at radius 1 is 1.13 bits per heavy atom. The van der Waals surface area contributed by atoms with Crippen LogP contribution in [0.2, 0.25) is 0 Å². The second kappa shape index (κ2) is 8.90. The number of benzene rings is 1. The van der Waals surface area contributed by atoms with Crippen molar-refractivity contribution in [3.63, 3.8) is 0 Å². The molecule has 2 N–H and O–H groups in total. The van der Waals surface area contributed by atoms with E-state index < -0.39 is 0 Å². The van der Waals surface area contributed by atoms with Crippen molar-refractivity contribution < 1.29 is 9.53 Å². The van der Waals surface area contributed by atoms with Crippen molar-refractivity contribution in [1.29, 1.82) is 0 Å². The van der Waals surface area contributed by atoms with E-state index in [9.17, 15) is 4.79 Å². The molecule has 0 aliphatic rings. The van der Waals surface area contributed by atoms with Crippen LogP contribution in [0.4, 0.5) is 0 Å². The molecule has 0 unspecified atom stereocenters. The number of nitrogens with one attached hydrogen (secondary N) is 2. The van der Waals surface area contributed by atoms with Crippen LogP contribution in [0.5, 0.6) is 5.75 Å². The van der Waals surface area contributed by atoms with Gasteiger partial charge in [0.15, 0.2) is 6.61 Å². The fourth-order valence-electron chi connectivity index (χ4n) is 1.79. The molecule has 23 heavy (non-hydrogen) atoms. The predicted octanol–water partition coefficient (Wildman–Crippen LogP) is 4.05. The van der Waals surface area contributed by atoms with Gasteiger partial charge in [-0.3, -0.25) is 4.79 Å². The lowest BCUT2D eigenvalue weighted by molar-refractivity contribution is -0.124. The standard InChI is InChI=1S/C17H27BrN2O2.ClH/c1-16(2,3)19-10-12-9-13(18)7-8-14(12)22-11-15(21)20-17(4,5)6;/h7-9,19H,10-11H2,1-6H3,(H,20,21);1H. The smallest absolute Gasteiger partial charge is 0.258 e. The highest BCUT2D eigenvalue weighted by molar-refractivity contribution is 9.10. The van der Waals surface area contributed by atoms with Crippen molar-refractivity contribution in [2.24, 2.45) is 0 Å². The average Bonchev–Trinajstić information content (AvgIpc) is 2.32. The molecule has 0 aromatic heterocycles. The zero-order chi connectivity index (χ0) is 17.0. The topological polar surface area (TPSA) is 50.4 Å². The molecule has 0 radical (unpaired) electrons. The van der Waals surface area contributed by atoms with Crippen LogP contribution in [-0.2, 0) is 11.3 Å². The van der Waals surface area contributed by atoms with Crippen LogP contribution in [0.25, 0.3) is 0 Å². The van der Waals surface area contributed by atoms with Gasteiger partial charge in [-0.2, -0.15) is 0 Å². The van der Waals surface area contributed by atoms with Gasteiger partial charge in [-0.15, -0.1) is 12.4 Å². The van der Waals surface area contributed by atoms with Gasteiger partial charge in [-0.1, -0.05) is 15.9 Å². The average molecular weight is 408 g/mol. The van der Waals surface area contributed by atoms with Gasteiger partial charge in [0.2, 0.25) is 0 Å². The summed E-state index contributed by atoms with van der Waals surface area (Å²) in [6.45, 7) is 12.9. The second-order valence-corrected chi connectivity index (χ2v) is 8.36. The summed E-state index contributed by atoms with van der Waals surface area (Å²) in [7, 11) is 0. The van der Waals surface area contributed by atoms with Gasteiger partial charge < -0.3 is 15.4 Å². The summed E-state index contributed by atoms with van der Waals surface area (Å²) < 4.78 is 6.68. The molecule has 0 atom stereocenters. The van der Waals surface area contributed by atoms with E-state index in [0.29, 0.717) is 6.54 Å². The first-order valence-corrected chi connectivity index (χ1v) is 8.23. The molecule has 0 saturated heterocycles. The zero-order valence-corrected chi connectivity index (χ0v) is 17.2.